The summed E-state index contributed by atoms with van der Waals surface area (Å²) in [5, 5.41) is 0. The molecule has 0 aromatic rings. The number of allylic oxidation sites excluding steroid dienone is 7. The molecule has 0 aromatic carbocycles. The van der Waals surface area contributed by atoms with Gasteiger partial charge in [-0.1, -0.05) is 75.3 Å². The molecule has 4 unspecified atom stereocenters. The summed E-state index contributed by atoms with van der Waals surface area (Å²) in [7, 11) is 0. The fraction of sp³-hybridized carbons (Fsp3) is 0.636. The summed E-state index contributed by atoms with van der Waals surface area (Å²) in [5.74, 6) is 1.48. The minimum atomic E-state index is 0. The molecule has 3 aliphatic rings. The van der Waals surface area contributed by atoms with Crippen molar-refractivity contribution in [2.45, 2.75) is 67.7 Å². The second-order valence-electron chi connectivity index (χ2n) is 8.08. The van der Waals surface area contributed by atoms with Gasteiger partial charge in [-0.3, -0.25) is 0 Å². The van der Waals surface area contributed by atoms with Gasteiger partial charge in [-0.15, -0.1) is 0 Å². The van der Waals surface area contributed by atoms with E-state index in [2.05, 4.69) is 59.4 Å². The second kappa shape index (κ2) is 5.55. The summed E-state index contributed by atoms with van der Waals surface area (Å²) in [6, 6.07) is 0. The van der Waals surface area contributed by atoms with Gasteiger partial charge in [0.15, 0.2) is 0 Å². The number of hydrogen-bond donors (Lipinski definition) is 0. The Bertz CT molecular complexity index is 571. The van der Waals surface area contributed by atoms with Gasteiger partial charge < -0.3 is 0 Å². The van der Waals surface area contributed by atoms with E-state index in [9.17, 15) is 0 Å². The third-order valence-electron chi connectivity index (χ3n) is 6.97. The zero-order chi connectivity index (χ0) is 15.4. The summed E-state index contributed by atoms with van der Waals surface area (Å²) < 4.78 is 0. The van der Waals surface area contributed by atoms with Crippen LogP contribution in [0.1, 0.15) is 67.7 Å². The SMILES string of the molecule is C.C=C(CC)CC1(C)C(C)=CCC2(C)C3=CC=C(C)C3CC12. The molecule has 0 heteroatoms. The van der Waals surface area contributed by atoms with Crippen LogP contribution in [0.25, 0.3) is 0 Å². The fourth-order valence-corrected chi connectivity index (χ4v) is 5.30. The van der Waals surface area contributed by atoms with Crippen LogP contribution < -0.4 is 0 Å². The summed E-state index contributed by atoms with van der Waals surface area (Å²) in [6.45, 7) is 16.3. The van der Waals surface area contributed by atoms with Gasteiger partial charge in [0.25, 0.3) is 0 Å². The lowest BCUT2D eigenvalue weighted by atomic mass is 9.55. The van der Waals surface area contributed by atoms with Crippen LogP contribution in [-0.4, -0.2) is 0 Å². The van der Waals surface area contributed by atoms with Crippen LogP contribution in [0, 0.1) is 22.7 Å². The first-order chi connectivity index (χ1) is 9.83. The van der Waals surface area contributed by atoms with E-state index >= 15 is 0 Å². The largest absolute Gasteiger partial charge is 0.0998 e. The molecule has 1 fully saturated rings. The third-order valence-corrected chi connectivity index (χ3v) is 6.97. The molecular weight excluding hydrogens is 264 g/mol. The van der Waals surface area contributed by atoms with Crippen LogP contribution >= 0.6 is 0 Å². The molecule has 0 nitrogen and oxygen atoms in total. The molecule has 4 atom stereocenters. The minimum absolute atomic E-state index is 0. The topological polar surface area (TPSA) is 0 Å². The molecule has 0 amide bonds. The Morgan fingerprint density at radius 3 is 2.59 bits per heavy atom. The van der Waals surface area contributed by atoms with Gasteiger partial charge in [-0.2, -0.15) is 0 Å². The molecule has 0 N–H and O–H groups in total. The molecule has 122 valence electrons. The highest BCUT2D eigenvalue weighted by atomic mass is 14.6. The zero-order valence-corrected chi connectivity index (χ0v) is 14.4. The number of fused-ring (bicyclic) bond motifs is 3. The van der Waals surface area contributed by atoms with Crippen molar-refractivity contribution < 1.29 is 0 Å². The van der Waals surface area contributed by atoms with Crippen molar-refractivity contribution in [2.75, 3.05) is 0 Å². The summed E-state index contributed by atoms with van der Waals surface area (Å²) in [4.78, 5) is 0. The van der Waals surface area contributed by atoms with Crippen LogP contribution in [0.2, 0.25) is 0 Å². The Hall–Kier alpha value is -1.04. The lowest BCUT2D eigenvalue weighted by Gasteiger charge is -2.49. The van der Waals surface area contributed by atoms with Crippen LogP contribution in [0.15, 0.2) is 47.1 Å². The fourth-order valence-electron chi connectivity index (χ4n) is 5.30. The van der Waals surface area contributed by atoms with Crippen molar-refractivity contribution >= 4 is 0 Å². The summed E-state index contributed by atoms with van der Waals surface area (Å²) in [6.07, 6.45) is 12.1. The van der Waals surface area contributed by atoms with Gasteiger partial charge in [0.1, 0.15) is 0 Å². The second-order valence-corrected chi connectivity index (χ2v) is 8.08. The van der Waals surface area contributed by atoms with Crippen molar-refractivity contribution in [3.8, 4) is 0 Å². The quantitative estimate of drug-likeness (QED) is 0.499. The van der Waals surface area contributed by atoms with Gasteiger partial charge in [-0.05, 0) is 56.3 Å². The molecule has 0 bridgehead atoms. The molecule has 3 rings (SSSR count). The van der Waals surface area contributed by atoms with Gasteiger partial charge in [0.05, 0.1) is 0 Å². The van der Waals surface area contributed by atoms with E-state index in [-0.39, 0.29) is 7.43 Å². The lowest BCUT2D eigenvalue weighted by Crippen LogP contribution is -2.41. The van der Waals surface area contributed by atoms with Crippen LogP contribution in [-0.2, 0) is 0 Å². The average Bonchev–Trinajstić information content (AvgIpc) is 2.95. The molecule has 1 saturated carbocycles. The van der Waals surface area contributed by atoms with E-state index in [0.29, 0.717) is 16.7 Å². The van der Waals surface area contributed by atoms with Gasteiger partial charge in [-0.25, -0.2) is 0 Å². The van der Waals surface area contributed by atoms with E-state index in [1.165, 1.54) is 18.4 Å². The van der Waals surface area contributed by atoms with Crippen molar-refractivity contribution in [3.63, 3.8) is 0 Å². The highest BCUT2D eigenvalue weighted by Gasteiger charge is 2.57. The van der Waals surface area contributed by atoms with Crippen molar-refractivity contribution in [1.82, 2.24) is 0 Å². The van der Waals surface area contributed by atoms with Gasteiger partial charge in [0, 0.05) is 5.92 Å². The molecule has 0 saturated heterocycles. The lowest BCUT2D eigenvalue weighted by molar-refractivity contribution is 0.108. The Balaban J connectivity index is 0.00000176. The molecule has 0 heterocycles. The Morgan fingerprint density at radius 2 is 1.95 bits per heavy atom. The maximum atomic E-state index is 4.32. The first-order valence-corrected chi connectivity index (χ1v) is 8.55. The number of rotatable bonds is 3. The van der Waals surface area contributed by atoms with Crippen LogP contribution in [0.5, 0.6) is 0 Å². The molecule has 0 aromatic heterocycles. The van der Waals surface area contributed by atoms with E-state index in [4.69, 9.17) is 0 Å². The Kier molecular flexibility index (Phi) is 4.37. The van der Waals surface area contributed by atoms with Gasteiger partial charge >= 0.3 is 0 Å². The Morgan fingerprint density at radius 1 is 1.27 bits per heavy atom. The van der Waals surface area contributed by atoms with E-state index in [0.717, 1.165) is 18.8 Å². The average molecular weight is 299 g/mol. The maximum absolute atomic E-state index is 4.32. The standard InChI is InChI=1S/C21H30.CH4/c1-7-14(2)13-21(6)16(4)10-11-20(5)18-9-8-15(3)17(18)12-19(20)21;/h8-10,17,19H,2,7,11-13H2,1,3-6H3;1H4. The molecule has 0 aliphatic heterocycles. The maximum Gasteiger partial charge on any atom is 0.00194 e. The van der Waals surface area contributed by atoms with Crippen molar-refractivity contribution in [1.29, 1.82) is 0 Å². The predicted molar refractivity (Wildman–Crippen MR) is 98.8 cm³/mol. The third kappa shape index (κ3) is 2.18. The first-order valence-electron chi connectivity index (χ1n) is 8.55. The van der Waals surface area contributed by atoms with Gasteiger partial charge in [0.2, 0.25) is 0 Å². The minimum Gasteiger partial charge on any atom is -0.0998 e. The van der Waals surface area contributed by atoms with E-state index in [1.807, 2.05) is 0 Å². The molecule has 22 heavy (non-hydrogen) atoms. The summed E-state index contributed by atoms with van der Waals surface area (Å²) >= 11 is 0. The number of hydrogen-bond acceptors (Lipinski definition) is 0. The monoisotopic (exact) mass is 298 g/mol. The van der Waals surface area contributed by atoms with Crippen molar-refractivity contribution in [2.24, 2.45) is 22.7 Å². The summed E-state index contributed by atoms with van der Waals surface area (Å²) in [5.41, 5.74) is 6.96. The van der Waals surface area contributed by atoms with E-state index < -0.39 is 0 Å². The van der Waals surface area contributed by atoms with E-state index in [1.54, 1.807) is 16.7 Å². The molecule has 0 spiro atoms. The normalized spacial score (nSPS) is 39.2. The Labute approximate surface area is 138 Å². The highest BCUT2D eigenvalue weighted by Crippen LogP contribution is 2.66. The first kappa shape index (κ1) is 17.3. The van der Waals surface area contributed by atoms with Crippen LogP contribution in [0.3, 0.4) is 0 Å². The molecule has 3 aliphatic carbocycles. The molecular formula is C22H34. The smallest absolute Gasteiger partial charge is 0.00194 e. The predicted octanol–water partition coefficient (Wildman–Crippen LogP) is 6.86. The van der Waals surface area contributed by atoms with Crippen molar-refractivity contribution in [3.05, 3.63) is 47.1 Å². The molecule has 0 radical (unpaired) electrons. The van der Waals surface area contributed by atoms with Crippen LogP contribution in [0.4, 0.5) is 0 Å². The highest BCUT2D eigenvalue weighted by molar-refractivity contribution is 5.45. The zero-order valence-electron chi connectivity index (χ0n) is 14.4.